The molecule has 184 valence electrons. The van der Waals surface area contributed by atoms with Crippen molar-refractivity contribution in [2.75, 3.05) is 17.2 Å². The van der Waals surface area contributed by atoms with Gasteiger partial charge in [-0.15, -0.1) is 13.2 Å². The van der Waals surface area contributed by atoms with Crippen LogP contribution in [0.3, 0.4) is 0 Å². The van der Waals surface area contributed by atoms with E-state index in [-0.39, 0.29) is 53.2 Å². The number of halogens is 3. The first-order chi connectivity index (χ1) is 16.1. The van der Waals surface area contributed by atoms with Crippen molar-refractivity contribution in [3.8, 4) is 5.75 Å². The minimum atomic E-state index is -4.83. The summed E-state index contributed by atoms with van der Waals surface area (Å²) in [6.07, 6.45) is -0.453. The molecule has 0 bridgehead atoms. The molecular weight excluding hydrogens is 457 g/mol. The van der Waals surface area contributed by atoms with Crippen LogP contribution in [0.2, 0.25) is 0 Å². The van der Waals surface area contributed by atoms with Crippen molar-refractivity contribution >= 4 is 23.4 Å². The van der Waals surface area contributed by atoms with Crippen LogP contribution in [0.15, 0.2) is 30.5 Å². The smallest absolute Gasteiger partial charge is 0.405 e. The van der Waals surface area contributed by atoms with E-state index in [9.17, 15) is 28.1 Å². The van der Waals surface area contributed by atoms with Gasteiger partial charge >= 0.3 is 12.0 Å². The molecule has 1 saturated carbocycles. The predicted molar refractivity (Wildman–Crippen MR) is 117 cm³/mol. The zero-order valence-electron chi connectivity index (χ0n) is 18.4. The van der Waals surface area contributed by atoms with E-state index in [1.165, 1.54) is 25.1 Å². The summed E-state index contributed by atoms with van der Waals surface area (Å²) >= 11 is 0. The molecule has 1 amide bonds. The SMILES string of the molecule is CC(=O)NC1CCC(CNc2nc(NCc3ccccc3OC(F)(F)F)ncc2[N+](=O)[O-])CC1. The van der Waals surface area contributed by atoms with E-state index in [2.05, 4.69) is 30.7 Å². The first-order valence-electron chi connectivity index (χ1n) is 10.7. The zero-order chi connectivity index (χ0) is 24.7. The molecule has 3 rings (SSSR count). The van der Waals surface area contributed by atoms with E-state index >= 15 is 0 Å². The fraction of sp³-hybridized carbons (Fsp3) is 0.476. The Labute approximate surface area is 193 Å². The van der Waals surface area contributed by atoms with Gasteiger partial charge in [0.1, 0.15) is 11.9 Å². The summed E-state index contributed by atoms with van der Waals surface area (Å²) in [6, 6.07) is 5.76. The molecule has 0 atom stereocenters. The molecule has 2 aromatic rings. The molecule has 0 aliphatic heterocycles. The normalized spacial score (nSPS) is 18.1. The van der Waals surface area contributed by atoms with Gasteiger partial charge in [0.2, 0.25) is 17.7 Å². The standard InChI is InChI=1S/C21H25F3N6O4/c1-13(31)28-16-8-6-14(7-9-16)10-25-19-17(30(32)33)12-27-20(29-19)26-11-15-4-2-3-5-18(15)34-21(22,23)24/h2-5,12,14,16H,6-11H2,1H3,(H,28,31)(H2,25,26,27,29). The van der Waals surface area contributed by atoms with E-state index in [0.717, 1.165) is 31.9 Å². The third-order valence-electron chi connectivity index (χ3n) is 5.41. The van der Waals surface area contributed by atoms with Gasteiger partial charge in [0, 0.05) is 31.6 Å². The largest absolute Gasteiger partial charge is 0.573 e. The number of anilines is 2. The third kappa shape index (κ3) is 7.46. The van der Waals surface area contributed by atoms with Crippen LogP contribution in [0, 0.1) is 16.0 Å². The lowest BCUT2D eigenvalue weighted by molar-refractivity contribution is -0.384. The van der Waals surface area contributed by atoms with Gasteiger partial charge in [-0.2, -0.15) is 4.98 Å². The van der Waals surface area contributed by atoms with E-state index in [4.69, 9.17) is 0 Å². The zero-order valence-corrected chi connectivity index (χ0v) is 18.4. The van der Waals surface area contributed by atoms with Gasteiger partial charge in [-0.25, -0.2) is 4.98 Å². The second-order valence-corrected chi connectivity index (χ2v) is 7.99. The molecule has 0 unspecified atom stereocenters. The Kier molecular flexibility index (Phi) is 8.08. The van der Waals surface area contributed by atoms with Gasteiger partial charge in [0.05, 0.1) is 4.92 Å². The maximum atomic E-state index is 12.6. The lowest BCUT2D eigenvalue weighted by Crippen LogP contribution is -2.37. The summed E-state index contributed by atoms with van der Waals surface area (Å²) in [5, 5.41) is 20.1. The van der Waals surface area contributed by atoms with Crippen molar-refractivity contribution in [1.82, 2.24) is 15.3 Å². The summed E-state index contributed by atoms with van der Waals surface area (Å²) in [6.45, 7) is 1.85. The van der Waals surface area contributed by atoms with Gasteiger partial charge in [0.15, 0.2) is 0 Å². The Bertz CT molecular complexity index is 1010. The van der Waals surface area contributed by atoms with Crippen molar-refractivity contribution in [2.24, 2.45) is 5.92 Å². The highest BCUT2D eigenvalue weighted by atomic mass is 19.4. The molecule has 1 aromatic heterocycles. The number of ether oxygens (including phenoxy) is 1. The second-order valence-electron chi connectivity index (χ2n) is 7.99. The van der Waals surface area contributed by atoms with Crippen LogP contribution in [-0.2, 0) is 11.3 Å². The van der Waals surface area contributed by atoms with E-state index in [0.29, 0.717) is 6.54 Å². The minimum Gasteiger partial charge on any atom is -0.405 e. The number of benzene rings is 1. The fourth-order valence-electron chi connectivity index (χ4n) is 3.81. The molecular formula is C21H25F3N6O4. The Balaban J connectivity index is 1.63. The lowest BCUT2D eigenvalue weighted by Gasteiger charge is -2.29. The number of nitrogens with one attached hydrogen (secondary N) is 3. The van der Waals surface area contributed by atoms with Crippen molar-refractivity contribution in [1.29, 1.82) is 0 Å². The minimum absolute atomic E-state index is 0.0179. The van der Waals surface area contributed by atoms with Crippen LogP contribution in [0.4, 0.5) is 30.6 Å². The number of para-hydroxylation sites is 1. The van der Waals surface area contributed by atoms with E-state index in [1.54, 1.807) is 6.07 Å². The maximum absolute atomic E-state index is 12.6. The van der Waals surface area contributed by atoms with Gasteiger partial charge in [-0.1, -0.05) is 18.2 Å². The average molecular weight is 482 g/mol. The predicted octanol–water partition coefficient (Wildman–Crippen LogP) is 4.00. The Morgan fingerprint density at radius 2 is 1.91 bits per heavy atom. The monoisotopic (exact) mass is 482 g/mol. The van der Waals surface area contributed by atoms with Gasteiger partial charge in [0.25, 0.3) is 0 Å². The molecule has 0 spiro atoms. The van der Waals surface area contributed by atoms with Crippen molar-refractivity contribution < 1.29 is 27.6 Å². The highest BCUT2D eigenvalue weighted by molar-refractivity contribution is 5.73. The number of aromatic nitrogens is 2. The summed E-state index contributed by atoms with van der Waals surface area (Å²) in [5.74, 6) is -0.138. The highest BCUT2D eigenvalue weighted by Crippen LogP contribution is 2.29. The Hall–Kier alpha value is -3.64. The number of amides is 1. The quantitative estimate of drug-likeness (QED) is 0.361. The fourth-order valence-corrected chi connectivity index (χ4v) is 3.81. The first kappa shape index (κ1) is 25.0. The molecule has 1 heterocycles. The van der Waals surface area contributed by atoms with Crippen LogP contribution in [0.25, 0.3) is 0 Å². The molecule has 1 aliphatic rings. The molecule has 1 aliphatic carbocycles. The van der Waals surface area contributed by atoms with Crippen LogP contribution in [-0.4, -0.2) is 39.7 Å². The molecule has 0 radical (unpaired) electrons. The number of hydrogen-bond donors (Lipinski definition) is 3. The van der Waals surface area contributed by atoms with Gasteiger partial charge < -0.3 is 20.7 Å². The molecule has 1 fully saturated rings. The summed E-state index contributed by atoms with van der Waals surface area (Å²) in [5.41, 5.74) is -0.0921. The van der Waals surface area contributed by atoms with E-state index in [1.807, 2.05) is 0 Å². The molecule has 3 N–H and O–H groups in total. The van der Waals surface area contributed by atoms with Crippen molar-refractivity contribution in [3.63, 3.8) is 0 Å². The van der Waals surface area contributed by atoms with Crippen molar-refractivity contribution in [2.45, 2.75) is 51.6 Å². The van der Waals surface area contributed by atoms with Gasteiger partial charge in [-0.3, -0.25) is 14.9 Å². The highest BCUT2D eigenvalue weighted by Gasteiger charge is 2.32. The number of carbonyl (C=O) groups is 1. The number of rotatable bonds is 9. The summed E-state index contributed by atoms with van der Waals surface area (Å²) < 4.78 is 41.9. The lowest BCUT2D eigenvalue weighted by atomic mass is 9.86. The maximum Gasteiger partial charge on any atom is 0.573 e. The van der Waals surface area contributed by atoms with E-state index < -0.39 is 11.3 Å². The number of carbonyl (C=O) groups excluding carboxylic acids is 1. The third-order valence-corrected chi connectivity index (χ3v) is 5.41. The molecule has 0 saturated heterocycles. The topological polar surface area (TPSA) is 131 Å². The molecule has 10 nitrogen and oxygen atoms in total. The van der Waals surface area contributed by atoms with Crippen LogP contribution < -0.4 is 20.7 Å². The number of hydrogen-bond acceptors (Lipinski definition) is 8. The second kappa shape index (κ2) is 11.0. The average Bonchev–Trinajstić information content (AvgIpc) is 2.76. The molecule has 13 heteroatoms. The number of alkyl halides is 3. The summed E-state index contributed by atoms with van der Waals surface area (Å²) in [4.78, 5) is 30.0. The van der Waals surface area contributed by atoms with Crippen LogP contribution in [0.5, 0.6) is 5.75 Å². The number of nitro groups is 1. The van der Waals surface area contributed by atoms with Crippen LogP contribution >= 0.6 is 0 Å². The first-order valence-corrected chi connectivity index (χ1v) is 10.7. The summed E-state index contributed by atoms with van der Waals surface area (Å²) in [7, 11) is 0. The van der Waals surface area contributed by atoms with Crippen LogP contribution in [0.1, 0.15) is 38.2 Å². The van der Waals surface area contributed by atoms with Crippen molar-refractivity contribution in [3.05, 3.63) is 46.1 Å². The Morgan fingerprint density at radius 3 is 2.56 bits per heavy atom. The Morgan fingerprint density at radius 1 is 1.21 bits per heavy atom. The van der Waals surface area contributed by atoms with Gasteiger partial charge in [-0.05, 0) is 37.7 Å². The molecule has 1 aromatic carbocycles. The molecule has 34 heavy (non-hydrogen) atoms. The number of nitrogens with zero attached hydrogens (tertiary/aromatic N) is 3.